The van der Waals surface area contributed by atoms with Gasteiger partial charge in [-0.3, -0.25) is 0 Å². The Balaban J connectivity index is 1.56. The Morgan fingerprint density at radius 2 is 1.77 bits per heavy atom. The smallest absolute Gasteiger partial charge is 0.127 e. The molecule has 0 spiro atoms. The van der Waals surface area contributed by atoms with Crippen LogP contribution in [0.5, 0.6) is 5.75 Å². The van der Waals surface area contributed by atoms with Crippen molar-refractivity contribution in [2.75, 3.05) is 0 Å². The van der Waals surface area contributed by atoms with Crippen molar-refractivity contribution in [3.8, 4) is 5.75 Å². The monoisotopic (exact) mass is 292 g/mol. The van der Waals surface area contributed by atoms with Crippen molar-refractivity contribution in [3.05, 3.63) is 71.8 Å². The predicted molar refractivity (Wildman–Crippen MR) is 87.7 cm³/mol. The summed E-state index contributed by atoms with van der Waals surface area (Å²) in [5.74, 6) is 0.971. The Hall–Kier alpha value is -2.06. The molecule has 4 rings (SSSR count). The van der Waals surface area contributed by atoms with Gasteiger partial charge in [-0.05, 0) is 36.5 Å². The van der Waals surface area contributed by atoms with E-state index in [1.165, 1.54) is 23.1 Å². The minimum Gasteiger partial charge on any atom is -0.488 e. The molecule has 2 atom stereocenters. The van der Waals surface area contributed by atoms with Gasteiger partial charge in [-0.15, -0.1) is 0 Å². The lowest BCUT2D eigenvalue weighted by Crippen LogP contribution is -2.15. The first-order valence-electron chi connectivity index (χ1n) is 8.01. The summed E-state index contributed by atoms with van der Waals surface area (Å²) in [6.45, 7) is 0.606. The van der Waals surface area contributed by atoms with Crippen molar-refractivity contribution in [1.29, 1.82) is 0 Å². The molecule has 1 fully saturated rings. The van der Waals surface area contributed by atoms with E-state index < -0.39 is 0 Å². The molecule has 2 nitrogen and oxygen atoms in total. The summed E-state index contributed by atoms with van der Waals surface area (Å²) in [6, 6.07) is 18.7. The Kier molecular flexibility index (Phi) is 3.69. The van der Waals surface area contributed by atoms with Crippen LogP contribution in [0.15, 0.2) is 60.7 Å². The Labute approximate surface area is 131 Å². The third kappa shape index (κ3) is 2.79. The predicted octanol–water partition coefficient (Wildman–Crippen LogP) is 4.60. The van der Waals surface area contributed by atoms with Crippen molar-refractivity contribution >= 4 is 5.57 Å². The molecule has 112 valence electrons. The first-order valence-corrected chi connectivity index (χ1v) is 8.01. The van der Waals surface area contributed by atoms with Crippen LogP contribution < -0.4 is 4.74 Å². The van der Waals surface area contributed by atoms with Gasteiger partial charge in [0.15, 0.2) is 0 Å². The zero-order chi connectivity index (χ0) is 14.8. The standard InChI is InChI=1S/C20H20O2/c1-2-6-15(7-3-1)14-21-20-9-5-4-8-19(20)16-12-17-10-11-18(13-16)22-17/h1-9,12,17-18H,10-11,13-14H2. The zero-order valence-corrected chi connectivity index (χ0v) is 12.6. The first-order chi connectivity index (χ1) is 10.9. The number of para-hydroxylation sites is 1. The molecule has 2 aliphatic rings. The lowest BCUT2D eigenvalue weighted by molar-refractivity contribution is 0.0671. The van der Waals surface area contributed by atoms with Crippen LogP contribution >= 0.6 is 0 Å². The highest BCUT2D eigenvalue weighted by Crippen LogP contribution is 2.39. The van der Waals surface area contributed by atoms with Crippen LogP contribution in [-0.4, -0.2) is 12.2 Å². The Bertz CT molecular complexity index is 675. The number of ether oxygens (including phenoxy) is 2. The van der Waals surface area contributed by atoms with Crippen molar-refractivity contribution < 1.29 is 9.47 Å². The van der Waals surface area contributed by atoms with E-state index in [1.807, 2.05) is 24.3 Å². The fraction of sp³-hybridized carbons (Fsp3) is 0.300. The molecule has 0 aliphatic carbocycles. The van der Waals surface area contributed by atoms with Crippen LogP contribution in [-0.2, 0) is 11.3 Å². The van der Waals surface area contributed by atoms with Gasteiger partial charge < -0.3 is 9.47 Å². The zero-order valence-electron chi connectivity index (χ0n) is 12.6. The molecule has 2 aromatic rings. The van der Waals surface area contributed by atoms with Gasteiger partial charge in [0.2, 0.25) is 0 Å². The number of hydrogen-bond acceptors (Lipinski definition) is 2. The van der Waals surface area contributed by atoms with E-state index in [2.05, 4.69) is 36.4 Å². The topological polar surface area (TPSA) is 18.5 Å². The summed E-state index contributed by atoms with van der Waals surface area (Å²) >= 11 is 0. The normalized spacial score (nSPS) is 23.2. The van der Waals surface area contributed by atoms with E-state index in [4.69, 9.17) is 9.47 Å². The van der Waals surface area contributed by atoms with Crippen LogP contribution in [0.25, 0.3) is 5.57 Å². The highest BCUT2D eigenvalue weighted by Gasteiger charge is 2.30. The van der Waals surface area contributed by atoms with Crippen molar-refractivity contribution in [2.45, 2.75) is 38.1 Å². The van der Waals surface area contributed by atoms with Crippen molar-refractivity contribution in [3.63, 3.8) is 0 Å². The van der Waals surface area contributed by atoms with Crippen LogP contribution in [0.1, 0.15) is 30.4 Å². The SMILES string of the molecule is C1=C(c2ccccc2OCc2ccccc2)CC2CCC1O2. The Morgan fingerprint density at radius 1 is 0.955 bits per heavy atom. The fourth-order valence-electron chi connectivity index (χ4n) is 3.34. The van der Waals surface area contributed by atoms with Gasteiger partial charge in [0, 0.05) is 5.56 Å². The van der Waals surface area contributed by atoms with E-state index in [-0.39, 0.29) is 0 Å². The van der Waals surface area contributed by atoms with E-state index in [9.17, 15) is 0 Å². The highest BCUT2D eigenvalue weighted by molar-refractivity contribution is 5.72. The summed E-state index contributed by atoms with van der Waals surface area (Å²) in [4.78, 5) is 0. The third-order valence-corrected chi connectivity index (χ3v) is 4.45. The van der Waals surface area contributed by atoms with Crippen LogP contribution in [0, 0.1) is 0 Å². The molecule has 1 saturated heterocycles. The van der Waals surface area contributed by atoms with E-state index in [0.717, 1.165) is 18.6 Å². The molecule has 2 heterocycles. The minimum atomic E-state index is 0.302. The summed E-state index contributed by atoms with van der Waals surface area (Å²) in [5, 5.41) is 0. The molecule has 0 amide bonds. The van der Waals surface area contributed by atoms with Crippen molar-refractivity contribution in [2.24, 2.45) is 0 Å². The maximum absolute atomic E-state index is 6.09. The lowest BCUT2D eigenvalue weighted by Gasteiger charge is -2.22. The molecule has 0 N–H and O–H groups in total. The van der Waals surface area contributed by atoms with Gasteiger partial charge in [0.1, 0.15) is 12.4 Å². The van der Waals surface area contributed by atoms with Gasteiger partial charge >= 0.3 is 0 Å². The molecule has 2 bridgehead atoms. The summed E-state index contributed by atoms with van der Waals surface area (Å²) in [5.41, 5.74) is 3.79. The largest absolute Gasteiger partial charge is 0.488 e. The highest BCUT2D eigenvalue weighted by atomic mass is 16.5. The number of fused-ring (bicyclic) bond motifs is 2. The summed E-state index contributed by atoms with van der Waals surface area (Å²) in [6.07, 6.45) is 6.32. The maximum atomic E-state index is 6.09. The maximum Gasteiger partial charge on any atom is 0.127 e. The van der Waals surface area contributed by atoms with Gasteiger partial charge in [0.05, 0.1) is 12.2 Å². The fourth-order valence-corrected chi connectivity index (χ4v) is 3.34. The lowest BCUT2D eigenvalue weighted by atomic mass is 9.97. The van der Waals surface area contributed by atoms with E-state index in [0.29, 0.717) is 18.8 Å². The molecular weight excluding hydrogens is 272 g/mol. The Morgan fingerprint density at radius 3 is 2.64 bits per heavy atom. The van der Waals surface area contributed by atoms with E-state index in [1.54, 1.807) is 0 Å². The number of hydrogen-bond donors (Lipinski definition) is 0. The minimum absolute atomic E-state index is 0.302. The molecule has 0 aromatic heterocycles. The summed E-state index contributed by atoms with van der Waals surface area (Å²) in [7, 11) is 0. The van der Waals surface area contributed by atoms with Gasteiger partial charge in [0.25, 0.3) is 0 Å². The second kappa shape index (κ2) is 5.98. The average molecular weight is 292 g/mol. The molecule has 22 heavy (non-hydrogen) atoms. The van der Waals surface area contributed by atoms with E-state index >= 15 is 0 Å². The molecule has 2 heteroatoms. The van der Waals surface area contributed by atoms with Gasteiger partial charge in [-0.2, -0.15) is 0 Å². The van der Waals surface area contributed by atoms with Crippen LogP contribution in [0.3, 0.4) is 0 Å². The molecule has 2 unspecified atom stereocenters. The number of benzene rings is 2. The molecule has 0 radical (unpaired) electrons. The van der Waals surface area contributed by atoms with Gasteiger partial charge in [-0.25, -0.2) is 0 Å². The number of rotatable bonds is 4. The first kappa shape index (κ1) is 13.6. The average Bonchev–Trinajstić information content (AvgIpc) is 2.92. The molecule has 2 aliphatic heterocycles. The second-order valence-electron chi connectivity index (χ2n) is 6.04. The molecule has 2 aromatic carbocycles. The molecule has 0 saturated carbocycles. The third-order valence-electron chi connectivity index (χ3n) is 4.45. The quantitative estimate of drug-likeness (QED) is 0.820. The van der Waals surface area contributed by atoms with Gasteiger partial charge in [-0.1, -0.05) is 54.6 Å². The van der Waals surface area contributed by atoms with Crippen molar-refractivity contribution in [1.82, 2.24) is 0 Å². The summed E-state index contributed by atoms with van der Waals surface area (Å²) < 4.78 is 12.0. The van der Waals surface area contributed by atoms with Crippen LogP contribution in [0.2, 0.25) is 0 Å². The molecular formula is C20H20O2. The van der Waals surface area contributed by atoms with Crippen LogP contribution in [0.4, 0.5) is 0 Å². The second-order valence-corrected chi connectivity index (χ2v) is 6.04.